The van der Waals surface area contributed by atoms with Crippen molar-refractivity contribution in [2.45, 2.75) is 45.3 Å². The monoisotopic (exact) mass is 413 g/mol. The molecule has 0 bridgehead atoms. The lowest BCUT2D eigenvalue weighted by Gasteiger charge is -2.38. The highest BCUT2D eigenvalue weighted by Gasteiger charge is 2.41. The fourth-order valence-electron chi connectivity index (χ4n) is 3.41. The number of amides is 2. The Kier molecular flexibility index (Phi) is 5.60. The molecule has 3 rings (SSSR count). The summed E-state index contributed by atoms with van der Waals surface area (Å²) in [5, 5.41) is 30.1. The van der Waals surface area contributed by atoms with Crippen molar-refractivity contribution in [2.75, 3.05) is 18.6 Å². The average molecular weight is 413 g/mol. The minimum atomic E-state index is -1.19. The zero-order valence-electron chi connectivity index (χ0n) is 17.2. The number of carbonyl (C=O) groups is 2. The van der Waals surface area contributed by atoms with Crippen LogP contribution in [-0.2, 0) is 11.3 Å². The van der Waals surface area contributed by atoms with Gasteiger partial charge in [0.25, 0.3) is 5.91 Å². The van der Waals surface area contributed by atoms with Gasteiger partial charge in [-0.3, -0.25) is 9.69 Å². The van der Waals surface area contributed by atoms with Gasteiger partial charge < -0.3 is 14.7 Å². The molecule has 1 aromatic carbocycles. The van der Waals surface area contributed by atoms with Crippen molar-refractivity contribution < 1.29 is 19.4 Å². The number of tetrazole rings is 1. The first-order valence-electron chi connectivity index (χ1n) is 9.35. The molecule has 2 aromatic rings. The molecule has 0 aliphatic carbocycles. The quantitative estimate of drug-likeness (QED) is 0.800. The van der Waals surface area contributed by atoms with Crippen molar-refractivity contribution in [3.05, 3.63) is 18.2 Å². The molecular weight excluding hydrogens is 390 g/mol. The first-order valence-corrected chi connectivity index (χ1v) is 9.35. The number of benzene rings is 1. The first kappa shape index (κ1) is 21.0. The molecule has 1 aromatic heterocycles. The van der Waals surface area contributed by atoms with E-state index in [1.165, 1.54) is 9.58 Å². The van der Waals surface area contributed by atoms with Gasteiger partial charge in [0.15, 0.2) is 5.82 Å². The zero-order chi connectivity index (χ0) is 22.1. The molecule has 0 spiro atoms. The van der Waals surface area contributed by atoms with E-state index in [1.54, 1.807) is 46.0 Å². The molecule has 1 aliphatic rings. The lowest BCUT2D eigenvalue weighted by molar-refractivity contribution is -0.125. The third-order valence-corrected chi connectivity index (χ3v) is 4.80. The van der Waals surface area contributed by atoms with Crippen molar-refractivity contribution in [3.8, 4) is 23.2 Å². The number of likely N-dealkylation sites (N-methyl/N-ethyl adjacent to an activating group) is 1. The molecule has 0 saturated carbocycles. The molecule has 30 heavy (non-hydrogen) atoms. The lowest BCUT2D eigenvalue weighted by Crippen LogP contribution is -2.58. The van der Waals surface area contributed by atoms with E-state index >= 15 is 0 Å². The van der Waals surface area contributed by atoms with Gasteiger partial charge in [-0.25, -0.2) is 9.48 Å². The summed E-state index contributed by atoms with van der Waals surface area (Å²) in [6.07, 6.45) is -0.939. The summed E-state index contributed by atoms with van der Waals surface area (Å²) in [7, 11) is 1.58. The number of fused-ring (bicyclic) bond motifs is 1. The van der Waals surface area contributed by atoms with Crippen LogP contribution in [0.25, 0.3) is 11.4 Å². The van der Waals surface area contributed by atoms with Crippen LogP contribution in [0.15, 0.2) is 18.2 Å². The van der Waals surface area contributed by atoms with Crippen LogP contribution in [0.3, 0.4) is 0 Å². The Labute approximate surface area is 173 Å². The van der Waals surface area contributed by atoms with Crippen LogP contribution in [0, 0.1) is 11.3 Å². The number of nitriles is 1. The molecule has 11 heteroatoms. The van der Waals surface area contributed by atoms with Gasteiger partial charge in [-0.2, -0.15) is 5.26 Å². The van der Waals surface area contributed by atoms with E-state index < -0.39 is 23.6 Å². The smallest absolute Gasteiger partial charge is 0.408 e. The summed E-state index contributed by atoms with van der Waals surface area (Å²) < 4.78 is 7.34. The molecule has 1 atom stereocenters. The van der Waals surface area contributed by atoms with Gasteiger partial charge in [0.1, 0.15) is 18.4 Å². The van der Waals surface area contributed by atoms with Crippen molar-refractivity contribution in [3.63, 3.8) is 0 Å². The van der Waals surface area contributed by atoms with Gasteiger partial charge in [-0.1, -0.05) is 0 Å². The molecular formula is C19H23N7O4. The Balaban J connectivity index is 1.97. The van der Waals surface area contributed by atoms with E-state index in [0.29, 0.717) is 29.4 Å². The fraction of sp³-hybridized carbons (Fsp3) is 0.474. The van der Waals surface area contributed by atoms with E-state index in [1.807, 2.05) is 0 Å². The van der Waals surface area contributed by atoms with E-state index in [2.05, 4.69) is 21.6 Å². The number of carboxylic acid groups (broad SMARTS) is 1. The highest BCUT2D eigenvalue weighted by molar-refractivity contribution is 6.00. The van der Waals surface area contributed by atoms with Crippen LogP contribution in [0.1, 0.15) is 27.2 Å². The van der Waals surface area contributed by atoms with Crippen LogP contribution >= 0.6 is 0 Å². The van der Waals surface area contributed by atoms with Crippen LogP contribution in [0.4, 0.5) is 10.5 Å². The Morgan fingerprint density at radius 2 is 2.17 bits per heavy atom. The fourth-order valence-corrected chi connectivity index (χ4v) is 3.41. The Hall–Kier alpha value is -3.68. The largest absolute Gasteiger partial charge is 0.489 e. The minimum Gasteiger partial charge on any atom is -0.489 e. The Morgan fingerprint density at radius 1 is 1.43 bits per heavy atom. The van der Waals surface area contributed by atoms with Gasteiger partial charge in [-0.15, -0.1) is 5.10 Å². The van der Waals surface area contributed by atoms with Gasteiger partial charge in [0, 0.05) is 18.2 Å². The van der Waals surface area contributed by atoms with E-state index in [4.69, 9.17) is 10.00 Å². The first-order chi connectivity index (χ1) is 14.1. The van der Waals surface area contributed by atoms with E-state index in [-0.39, 0.29) is 13.0 Å². The number of carbonyl (C=O) groups excluding carboxylic acids is 1. The molecule has 11 nitrogen and oxygen atoms in total. The lowest BCUT2D eigenvalue weighted by atomic mass is 10.0. The van der Waals surface area contributed by atoms with Gasteiger partial charge in [0.05, 0.1) is 24.7 Å². The summed E-state index contributed by atoms with van der Waals surface area (Å²) in [6, 6.07) is 6.22. The highest BCUT2D eigenvalue weighted by Crippen LogP contribution is 2.35. The van der Waals surface area contributed by atoms with Crippen LogP contribution in [-0.4, -0.2) is 67.4 Å². The summed E-state index contributed by atoms with van der Waals surface area (Å²) in [5.74, 6) is 0.510. The Bertz CT molecular complexity index is 1010. The van der Waals surface area contributed by atoms with Crippen LogP contribution in [0.2, 0.25) is 0 Å². The molecule has 0 fully saturated rings. The van der Waals surface area contributed by atoms with Crippen molar-refractivity contribution in [1.29, 1.82) is 5.26 Å². The van der Waals surface area contributed by atoms with Crippen molar-refractivity contribution in [2.24, 2.45) is 0 Å². The summed E-state index contributed by atoms with van der Waals surface area (Å²) in [4.78, 5) is 27.5. The molecule has 2 amide bonds. The number of rotatable bonds is 4. The van der Waals surface area contributed by atoms with Gasteiger partial charge in [0.2, 0.25) is 0 Å². The second kappa shape index (κ2) is 7.98. The van der Waals surface area contributed by atoms with E-state index in [9.17, 15) is 14.7 Å². The molecule has 0 saturated heterocycles. The topological polar surface area (TPSA) is 137 Å². The van der Waals surface area contributed by atoms with Gasteiger partial charge in [-0.05, 0) is 49.4 Å². The Morgan fingerprint density at radius 3 is 2.80 bits per heavy atom. The van der Waals surface area contributed by atoms with Gasteiger partial charge >= 0.3 is 6.09 Å². The SMILES string of the molecule is CN1C(=O)C(N(C(=O)O)C(C)(C)C)COc2ccc(-c3nnnn3CCC#N)cc21. The number of nitrogens with zero attached hydrogens (tertiary/aromatic N) is 7. The summed E-state index contributed by atoms with van der Waals surface area (Å²) in [6.45, 7) is 5.42. The second-order valence-electron chi connectivity index (χ2n) is 7.86. The number of aryl methyl sites for hydroxylation is 1. The maximum absolute atomic E-state index is 13.2. The molecule has 1 aliphatic heterocycles. The van der Waals surface area contributed by atoms with Crippen LogP contribution in [0.5, 0.6) is 5.75 Å². The maximum atomic E-state index is 13.2. The van der Waals surface area contributed by atoms with Crippen molar-refractivity contribution >= 4 is 17.7 Å². The van der Waals surface area contributed by atoms with Crippen molar-refractivity contribution in [1.82, 2.24) is 25.1 Å². The number of hydrogen-bond donors (Lipinski definition) is 1. The third kappa shape index (κ3) is 3.89. The predicted molar refractivity (Wildman–Crippen MR) is 106 cm³/mol. The third-order valence-electron chi connectivity index (χ3n) is 4.80. The number of aromatic nitrogens is 4. The molecule has 1 unspecified atom stereocenters. The summed E-state index contributed by atoms with van der Waals surface area (Å²) >= 11 is 0. The van der Waals surface area contributed by atoms with Crippen LogP contribution < -0.4 is 9.64 Å². The minimum absolute atomic E-state index is 0.0982. The number of hydrogen-bond acceptors (Lipinski definition) is 7. The normalized spacial score (nSPS) is 16.3. The standard InChI is InChI=1S/C19H23N7O4/c1-19(2,3)26(18(28)29)14-11-30-15-7-6-12(10-13(15)24(4)17(14)27)16-21-22-23-25(16)9-5-8-20/h6-7,10,14H,5,9,11H2,1-4H3,(H,28,29). The second-order valence-corrected chi connectivity index (χ2v) is 7.86. The average Bonchev–Trinajstić information content (AvgIpc) is 3.11. The zero-order valence-corrected chi connectivity index (χ0v) is 17.2. The number of anilines is 1. The maximum Gasteiger partial charge on any atom is 0.408 e. The molecule has 2 heterocycles. The highest BCUT2D eigenvalue weighted by atomic mass is 16.5. The predicted octanol–water partition coefficient (Wildman–Crippen LogP) is 1.76. The number of ether oxygens (including phenoxy) is 1. The summed E-state index contributed by atoms with van der Waals surface area (Å²) in [5.41, 5.74) is 0.333. The molecule has 158 valence electrons. The molecule has 1 N–H and O–H groups in total. The van der Waals surface area contributed by atoms with E-state index in [0.717, 1.165) is 4.90 Å². The molecule has 0 radical (unpaired) electrons.